The quantitative estimate of drug-likeness (QED) is 0.698. The molecular formula is C18H30N4O2. The number of Topliss-reactive ketones (excluding diaryl/α,β-unsaturated/α-hetero) is 1. The number of aromatic nitrogens is 1. The van der Waals surface area contributed by atoms with Crippen molar-refractivity contribution < 1.29 is 9.53 Å². The van der Waals surface area contributed by atoms with Gasteiger partial charge in [-0.2, -0.15) is 0 Å². The topological polar surface area (TPSA) is 71.7 Å². The van der Waals surface area contributed by atoms with Crippen molar-refractivity contribution in [3.05, 3.63) is 17.8 Å². The van der Waals surface area contributed by atoms with Crippen LogP contribution in [0.1, 0.15) is 43.6 Å². The van der Waals surface area contributed by atoms with Gasteiger partial charge in [0.2, 0.25) is 0 Å². The Morgan fingerprint density at radius 1 is 1.25 bits per heavy atom. The number of anilines is 2. The maximum atomic E-state index is 12.5. The van der Waals surface area contributed by atoms with E-state index >= 15 is 0 Å². The van der Waals surface area contributed by atoms with Crippen LogP contribution in [0.25, 0.3) is 0 Å². The van der Waals surface area contributed by atoms with Gasteiger partial charge in [-0.1, -0.05) is 13.8 Å². The van der Waals surface area contributed by atoms with Crippen LogP contribution in [0.4, 0.5) is 11.5 Å². The summed E-state index contributed by atoms with van der Waals surface area (Å²) in [5.74, 6) is 0.474. The second-order valence-corrected chi connectivity index (χ2v) is 6.25. The molecule has 0 radical (unpaired) electrons. The Morgan fingerprint density at radius 3 is 2.54 bits per heavy atom. The number of ether oxygens (including phenoxy) is 1. The van der Waals surface area contributed by atoms with E-state index in [0.717, 1.165) is 64.5 Å². The summed E-state index contributed by atoms with van der Waals surface area (Å²) in [6, 6.07) is 3.76. The van der Waals surface area contributed by atoms with Crippen molar-refractivity contribution in [2.75, 3.05) is 56.6 Å². The molecule has 1 saturated heterocycles. The molecule has 0 unspecified atom stereocenters. The summed E-state index contributed by atoms with van der Waals surface area (Å²) < 4.78 is 5.33. The predicted octanol–water partition coefficient (Wildman–Crippen LogP) is 2.20. The SMILES string of the molecule is CCCN(CCC)c1cc(N)nc(C(=O)CCN2CCOCC2)c1. The van der Waals surface area contributed by atoms with Crippen molar-refractivity contribution >= 4 is 17.3 Å². The molecule has 1 aliphatic heterocycles. The number of ketones is 1. The number of rotatable bonds is 9. The molecule has 1 aliphatic rings. The lowest BCUT2D eigenvalue weighted by Crippen LogP contribution is -2.37. The molecule has 0 bridgehead atoms. The molecule has 1 aromatic heterocycles. The lowest BCUT2D eigenvalue weighted by atomic mass is 10.1. The number of morpholine rings is 1. The van der Waals surface area contributed by atoms with Crippen molar-refractivity contribution in [2.45, 2.75) is 33.1 Å². The van der Waals surface area contributed by atoms with Gasteiger partial charge in [0.15, 0.2) is 5.78 Å². The molecule has 0 aliphatic carbocycles. The highest BCUT2D eigenvalue weighted by Gasteiger charge is 2.16. The van der Waals surface area contributed by atoms with Gasteiger partial charge in [0.05, 0.1) is 13.2 Å². The first-order chi connectivity index (χ1) is 11.6. The molecule has 1 aromatic rings. The molecule has 2 N–H and O–H groups in total. The van der Waals surface area contributed by atoms with Crippen molar-refractivity contribution in [3.8, 4) is 0 Å². The molecule has 2 rings (SSSR count). The molecule has 0 atom stereocenters. The van der Waals surface area contributed by atoms with Crippen LogP contribution in [0.3, 0.4) is 0 Å². The first kappa shape index (κ1) is 18.7. The maximum Gasteiger partial charge on any atom is 0.182 e. The van der Waals surface area contributed by atoms with Crippen LogP contribution in [0.5, 0.6) is 0 Å². The first-order valence-corrected chi connectivity index (χ1v) is 8.99. The zero-order valence-corrected chi connectivity index (χ0v) is 15.0. The lowest BCUT2D eigenvalue weighted by molar-refractivity contribution is 0.0369. The number of hydrogen-bond acceptors (Lipinski definition) is 6. The Kier molecular flexibility index (Phi) is 7.46. The van der Waals surface area contributed by atoms with E-state index in [1.54, 1.807) is 0 Å². The van der Waals surface area contributed by atoms with Crippen molar-refractivity contribution in [2.24, 2.45) is 0 Å². The average Bonchev–Trinajstić information content (AvgIpc) is 2.60. The van der Waals surface area contributed by atoms with Crippen LogP contribution in [-0.4, -0.2) is 61.6 Å². The van der Waals surface area contributed by atoms with Gasteiger partial charge in [-0.15, -0.1) is 0 Å². The zero-order valence-electron chi connectivity index (χ0n) is 15.0. The molecule has 0 aromatic carbocycles. The fraction of sp³-hybridized carbons (Fsp3) is 0.667. The maximum absolute atomic E-state index is 12.5. The van der Waals surface area contributed by atoms with Crippen LogP contribution in [-0.2, 0) is 4.74 Å². The Labute approximate surface area is 145 Å². The van der Waals surface area contributed by atoms with Gasteiger partial charge in [0.1, 0.15) is 11.5 Å². The van der Waals surface area contributed by atoms with E-state index in [4.69, 9.17) is 10.5 Å². The van der Waals surface area contributed by atoms with Gasteiger partial charge < -0.3 is 15.4 Å². The summed E-state index contributed by atoms with van der Waals surface area (Å²) in [6.45, 7) is 10.3. The summed E-state index contributed by atoms with van der Waals surface area (Å²) in [5.41, 5.74) is 7.43. The minimum Gasteiger partial charge on any atom is -0.384 e. The van der Waals surface area contributed by atoms with E-state index in [1.807, 2.05) is 12.1 Å². The molecule has 0 spiro atoms. The highest BCUT2D eigenvalue weighted by Crippen LogP contribution is 2.20. The number of carbonyl (C=O) groups excluding carboxylic acids is 1. The van der Waals surface area contributed by atoms with Gasteiger partial charge in [-0.3, -0.25) is 9.69 Å². The van der Waals surface area contributed by atoms with Gasteiger partial charge in [-0.25, -0.2) is 4.98 Å². The first-order valence-electron chi connectivity index (χ1n) is 8.99. The van der Waals surface area contributed by atoms with E-state index in [0.29, 0.717) is 17.9 Å². The molecule has 2 heterocycles. The molecule has 1 fully saturated rings. The summed E-state index contributed by atoms with van der Waals surface area (Å²) in [5, 5.41) is 0. The van der Waals surface area contributed by atoms with Gasteiger partial charge in [0, 0.05) is 50.9 Å². The minimum atomic E-state index is 0.0583. The summed E-state index contributed by atoms with van der Waals surface area (Å²) >= 11 is 0. The Morgan fingerprint density at radius 2 is 1.92 bits per heavy atom. The molecule has 0 saturated carbocycles. The van der Waals surface area contributed by atoms with E-state index in [9.17, 15) is 4.79 Å². The van der Waals surface area contributed by atoms with Crippen LogP contribution >= 0.6 is 0 Å². The number of carbonyl (C=O) groups is 1. The van der Waals surface area contributed by atoms with Crippen molar-refractivity contribution in [3.63, 3.8) is 0 Å². The Bertz CT molecular complexity index is 524. The van der Waals surface area contributed by atoms with Crippen molar-refractivity contribution in [1.82, 2.24) is 9.88 Å². The number of nitrogen functional groups attached to an aromatic ring is 1. The minimum absolute atomic E-state index is 0.0583. The van der Waals surface area contributed by atoms with E-state index in [-0.39, 0.29) is 5.78 Å². The number of nitrogens with two attached hydrogens (primary N) is 1. The van der Waals surface area contributed by atoms with Gasteiger partial charge in [-0.05, 0) is 18.9 Å². The number of nitrogens with zero attached hydrogens (tertiary/aromatic N) is 3. The smallest absolute Gasteiger partial charge is 0.182 e. The molecular weight excluding hydrogens is 304 g/mol. The standard InChI is InChI=1S/C18H30N4O2/c1-3-6-22(7-4-2)15-13-16(20-18(19)14-15)17(23)5-8-21-9-11-24-12-10-21/h13-14H,3-12H2,1-2H3,(H2,19,20). The largest absolute Gasteiger partial charge is 0.384 e. The fourth-order valence-electron chi connectivity index (χ4n) is 2.98. The third-order valence-electron chi connectivity index (χ3n) is 4.23. The van der Waals surface area contributed by atoms with E-state index in [1.165, 1.54) is 0 Å². The Hall–Kier alpha value is -1.66. The lowest BCUT2D eigenvalue weighted by Gasteiger charge is -2.26. The van der Waals surface area contributed by atoms with Crippen LogP contribution in [0.15, 0.2) is 12.1 Å². The summed E-state index contributed by atoms with van der Waals surface area (Å²) in [6.07, 6.45) is 2.59. The van der Waals surface area contributed by atoms with Gasteiger partial charge in [0.25, 0.3) is 0 Å². The van der Waals surface area contributed by atoms with Crippen LogP contribution in [0.2, 0.25) is 0 Å². The third kappa shape index (κ3) is 5.46. The molecule has 0 amide bonds. The fourth-order valence-corrected chi connectivity index (χ4v) is 2.98. The zero-order chi connectivity index (χ0) is 17.4. The van der Waals surface area contributed by atoms with E-state index in [2.05, 4.69) is 28.6 Å². The second kappa shape index (κ2) is 9.59. The molecule has 6 heteroatoms. The highest BCUT2D eigenvalue weighted by atomic mass is 16.5. The van der Waals surface area contributed by atoms with Crippen molar-refractivity contribution in [1.29, 1.82) is 0 Å². The normalized spacial score (nSPS) is 15.4. The van der Waals surface area contributed by atoms with E-state index < -0.39 is 0 Å². The van der Waals surface area contributed by atoms with Crippen LogP contribution < -0.4 is 10.6 Å². The highest BCUT2D eigenvalue weighted by molar-refractivity contribution is 5.95. The summed E-state index contributed by atoms with van der Waals surface area (Å²) in [4.78, 5) is 21.3. The molecule has 24 heavy (non-hydrogen) atoms. The van der Waals surface area contributed by atoms with Gasteiger partial charge >= 0.3 is 0 Å². The predicted molar refractivity (Wildman–Crippen MR) is 97.7 cm³/mol. The molecule has 6 nitrogen and oxygen atoms in total. The molecule has 134 valence electrons. The number of hydrogen-bond donors (Lipinski definition) is 1. The third-order valence-corrected chi connectivity index (χ3v) is 4.23. The average molecular weight is 334 g/mol. The number of pyridine rings is 1. The second-order valence-electron chi connectivity index (χ2n) is 6.25. The monoisotopic (exact) mass is 334 g/mol. The summed E-state index contributed by atoms with van der Waals surface area (Å²) in [7, 11) is 0. The Balaban J connectivity index is 2.04. The van der Waals surface area contributed by atoms with Crippen LogP contribution in [0, 0.1) is 0 Å².